The predicted octanol–water partition coefficient (Wildman–Crippen LogP) is -0.119. The molecule has 1 fully saturated rings. The normalized spacial score (nSPS) is 22.7. The monoisotopic (exact) mass is 242 g/mol. The van der Waals surface area contributed by atoms with Crippen molar-refractivity contribution in [1.82, 2.24) is 10.6 Å². The zero-order valence-corrected chi connectivity index (χ0v) is 10.0. The molecular weight excluding hydrogens is 224 g/mol. The third-order valence-electron chi connectivity index (χ3n) is 3.09. The number of carbonyl (C=O) groups excluding carboxylic acids is 2. The smallest absolute Gasteiger partial charge is 0.326 e. The van der Waals surface area contributed by atoms with Gasteiger partial charge in [0.05, 0.1) is 0 Å². The van der Waals surface area contributed by atoms with Crippen LogP contribution in [0.3, 0.4) is 0 Å². The second-order valence-electron chi connectivity index (χ2n) is 4.37. The summed E-state index contributed by atoms with van der Waals surface area (Å²) < 4.78 is 0. The average molecular weight is 242 g/mol. The Bertz CT molecular complexity index is 329. The zero-order valence-electron chi connectivity index (χ0n) is 10.0. The highest BCUT2D eigenvalue weighted by Gasteiger charge is 2.32. The van der Waals surface area contributed by atoms with Crippen LogP contribution in [-0.4, -0.2) is 35.0 Å². The molecule has 1 saturated heterocycles. The van der Waals surface area contributed by atoms with Crippen LogP contribution < -0.4 is 10.6 Å². The molecule has 0 aromatic rings. The lowest BCUT2D eigenvalue weighted by atomic mass is 9.99. The number of hydrogen-bond donors (Lipinski definition) is 3. The fourth-order valence-corrected chi connectivity index (χ4v) is 1.75. The van der Waals surface area contributed by atoms with E-state index in [0.717, 1.165) is 0 Å². The van der Waals surface area contributed by atoms with Crippen molar-refractivity contribution < 1.29 is 19.5 Å². The van der Waals surface area contributed by atoms with Crippen molar-refractivity contribution in [3.63, 3.8) is 0 Å². The quantitative estimate of drug-likeness (QED) is 0.626. The van der Waals surface area contributed by atoms with E-state index in [-0.39, 0.29) is 11.8 Å². The van der Waals surface area contributed by atoms with E-state index >= 15 is 0 Å². The summed E-state index contributed by atoms with van der Waals surface area (Å²) in [6.07, 6.45) is 1.41. The molecule has 0 saturated carbocycles. The Morgan fingerprint density at radius 3 is 2.65 bits per heavy atom. The van der Waals surface area contributed by atoms with Crippen molar-refractivity contribution in [2.45, 2.75) is 45.2 Å². The Balaban J connectivity index is 2.58. The van der Waals surface area contributed by atoms with E-state index in [4.69, 9.17) is 5.11 Å². The summed E-state index contributed by atoms with van der Waals surface area (Å²) in [5.74, 6) is -1.77. The number of hydrogen-bond acceptors (Lipinski definition) is 3. The summed E-state index contributed by atoms with van der Waals surface area (Å²) in [5.41, 5.74) is 0. The first kappa shape index (κ1) is 13.5. The van der Waals surface area contributed by atoms with Gasteiger partial charge >= 0.3 is 5.97 Å². The van der Waals surface area contributed by atoms with Crippen molar-refractivity contribution in [3.8, 4) is 0 Å². The topological polar surface area (TPSA) is 95.5 Å². The molecule has 0 unspecified atom stereocenters. The molecule has 17 heavy (non-hydrogen) atoms. The molecule has 6 heteroatoms. The standard InChI is InChI=1S/C11H18N2O4/c1-3-6(2)9(11(16)17)13-10(15)7-4-5-8(14)12-7/h6-7,9H,3-5H2,1-2H3,(H,12,14)(H,13,15)(H,16,17)/t6-,7+,9+/m0/s1. The first-order valence-electron chi connectivity index (χ1n) is 5.78. The van der Waals surface area contributed by atoms with Crippen LogP contribution in [0.25, 0.3) is 0 Å². The molecule has 96 valence electrons. The van der Waals surface area contributed by atoms with E-state index in [2.05, 4.69) is 10.6 Å². The van der Waals surface area contributed by atoms with Gasteiger partial charge in [-0.3, -0.25) is 9.59 Å². The highest BCUT2D eigenvalue weighted by atomic mass is 16.4. The van der Waals surface area contributed by atoms with E-state index in [1.54, 1.807) is 6.92 Å². The van der Waals surface area contributed by atoms with E-state index in [9.17, 15) is 14.4 Å². The Morgan fingerprint density at radius 1 is 1.59 bits per heavy atom. The van der Waals surface area contributed by atoms with E-state index in [1.807, 2.05) is 6.92 Å². The van der Waals surface area contributed by atoms with E-state index < -0.39 is 24.0 Å². The number of carbonyl (C=O) groups is 3. The van der Waals surface area contributed by atoms with Crippen molar-refractivity contribution in [2.24, 2.45) is 5.92 Å². The average Bonchev–Trinajstić information content (AvgIpc) is 2.71. The van der Waals surface area contributed by atoms with Gasteiger partial charge < -0.3 is 15.7 Å². The van der Waals surface area contributed by atoms with Crippen LogP contribution in [-0.2, 0) is 14.4 Å². The van der Waals surface area contributed by atoms with Gasteiger partial charge in [-0.25, -0.2) is 4.79 Å². The molecule has 6 nitrogen and oxygen atoms in total. The first-order valence-corrected chi connectivity index (χ1v) is 5.78. The molecular formula is C11H18N2O4. The van der Waals surface area contributed by atoms with Gasteiger partial charge in [-0.15, -0.1) is 0 Å². The van der Waals surface area contributed by atoms with Gasteiger partial charge in [-0.1, -0.05) is 20.3 Å². The van der Waals surface area contributed by atoms with E-state index in [1.165, 1.54) is 0 Å². The maximum absolute atomic E-state index is 11.7. The third-order valence-corrected chi connectivity index (χ3v) is 3.09. The summed E-state index contributed by atoms with van der Waals surface area (Å²) in [6.45, 7) is 3.64. The number of carboxylic acids is 1. The maximum atomic E-state index is 11.7. The van der Waals surface area contributed by atoms with Crippen LogP contribution in [0.2, 0.25) is 0 Å². The molecule has 3 N–H and O–H groups in total. The highest BCUT2D eigenvalue weighted by Crippen LogP contribution is 2.11. The highest BCUT2D eigenvalue weighted by molar-refractivity contribution is 5.92. The molecule has 1 rings (SSSR count). The van der Waals surface area contributed by atoms with E-state index in [0.29, 0.717) is 19.3 Å². The molecule has 3 atom stereocenters. The van der Waals surface area contributed by atoms with Gasteiger partial charge in [-0.05, 0) is 12.3 Å². The van der Waals surface area contributed by atoms with Crippen LogP contribution in [0.15, 0.2) is 0 Å². The molecule has 1 aliphatic heterocycles. The van der Waals surface area contributed by atoms with Gasteiger partial charge in [0.1, 0.15) is 12.1 Å². The second-order valence-corrected chi connectivity index (χ2v) is 4.37. The van der Waals surface area contributed by atoms with Gasteiger partial charge in [0.25, 0.3) is 0 Å². The molecule has 0 spiro atoms. The maximum Gasteiger partial charge on any atom is 0.326 e. The summed E-state index contributed by atoms with van der Waals surface area (Å²) in [4.78, 5) is 33.7. The molecule has 1 aliphatic rings. The summed E-state index contributed by atoms with van der Waals surface area (Å²) in [5, 5.41) is 14.0. The van der Waals surface area contributed by atoms with Crippen molar-refractivity contribution in [2.75, 3.05) is 0 Å². The number of nitrogens with one attached hydrogen (secondary N) is 2. The first-order chi connectivity index (χ1) is 7.95. The van der Waals surface area contributed by atoms with Crippen LogP contribution in [0, 0.1) is 5.92 Å². The fraction of sp³-hybridized carbons (Fsp3) is 0.727. The van der Waals surface area contributed by atoms with Gasteiger partial charge in [0.2, 0.25) is 11.8 Å². The molecule has 0 aromatic carbocycles. The van der Waals surface area contributed by atoms with Gasteiger partial charge in [-0.2, -0.15) is 0 Å². The minimum absolute atomic E-state index is 0.145. The Kier molecular flexibility index (Phi) is 4.48. The number of rotatable bonds is 5. The predicted molar refractivity (Wildman–Crippen MR) is 60.2 cm³/mol. The summed E-state index contributed by atoms with van der Waals surface area (Å²) in [7, 11) is 0. The Morgan fingerprint density at radius 2 is 2.24 bits per heavy atom. The lowest BCUT2D eigenvalue weighted by Gasteiger charge is -2.21. The summed E-state index contributed by atoms with van der Waals surface area (Å²) >= 11 is 0. The van der Waals surface area contributed by atoms with Crippen molar-refractivity contribution in [1.29, 1.82) is 0 Å². The van der Waals surface area contributed by atoms with Crippen LogP contribution in [0.4, 0.5) is 0 Å². The lowest BCUT2D eigenvalue weighted by molar-refractivity contribution is -0.143. The second kappa shape index (κ2) is 5.65. The minimum Gasteiger partial charge on any atom is -0.480 e. The third kappa shape index (κ3) is 3.44. The van der Waals surface area contributed by atoms with Crippen molar-refractivity contribution >= 4 is 17.8 Å². The van der Waals surface area contributed by atoms with Crippen LogP contribution in [0.5, 0.6) is 0 Å². The Hall–Kier alpha value is -1.59. The lowest BCUT2D eigenvalue weighted by Crippen LogP contribution is -2.51. The minimum atomic E-state index is -1.04. The van der Waals surface area contributed by atoms with Gasteiger partial charge in [0, 0.05) is 6.42 Å². The summed E-state index contributed by atoms with van der Waals surface area (Å²) in [6, 6.07) is -1.49. The molecule has 0 bridgehead atoms. The number of carboxylic acid groups (broad SMARTS) is 1. The van der Waals surface area contributed by atoms with Crippen LogP contribution >= 0.6 is 0 Å². The molecule has 1 heterocycles. The number of aliphatic carboxylic acids is 1. The Labute approximate surface area is 99.8 Å². The fourth-order valence-electron chi connectivity index (χ4n) is 1.75. The van der Waals surface area contributed by atoms with Gasteiger partial charge in [0.15, 0.2) is 0 Å². The molecule has 2 amide bonds. The zero-order chi connectivity index (χ0) is 13.0. The number of amides is 2. The molecule has 0 aromatic heterocycles. The van der Waals surface area contributed by atoms with Crippen LogP contribution in [0.1, 0.15) is 33.1 Å². The molecule has 0 aliphatic carbocycles. The van der Waals surface area contributed by atoms with Crippen molar-refractivity contribution in [3.05, 3.63) is 0 Å². The molecule has 0 radical (unpaired) electrons. The SMILES string of the molecule is CC[C@H](C)[C@@H](NC(=O)[C@H]1CCC(=O)N1)C(=O)O. The largest absolute Gasteiger partial charge is 0.480 e.